The molecule has 6 heteroatoms. The van der Waals surface area contributed by atoms with E-state index in [9.17, 15) is 9.18 Å². The zero-order valence-corrected chi connectivity index (χ0v) is 14.1. The van der Waals surface area contributed by atoms with Crippen LogP contribution in [0.4, 0.5) is 10.1 Å². The predicted molar refractivity (Wildman–Crippen MR) is 91.8 cm³/mol. The molecule has 2 unspecified atom stereocenters. The van der Waals surface area contributed by atoms with Crippen LogP contribution in [0.2, 0.25) is 10.0 Å². The Morgan fingerprint density at radius 2 is 2.04 bits per heavy atom. The van der Waals surface area contributed by atoms with E-state index in [1.807, 2.05) is 12.1 Å². The molecule has 3 nitrogen and oxygen atoms in total. The van der Waals surface area contributed by atoms with Crippen LogP contribution >= 0.6 is 23.2 Å². The summed E-state index contributed by atoms with van der Waals surface area (Å²) < 4.78 is 14.7. The van der Waals surface area contributed by atoms with Gasteiger partial charge in [0.2, 0.25) is 0 Å². The number of benzene rings is 2. The van der Waals surface area contributed by atoms with Gasteiger partial charge in [-0.2, -0.15) is 0 Å². The van der Waals surface area contributed by atoms with Gasteiger partial charge in [0, 0.05) is 24.2 Å². The van der Waals surface area contributed by atoms with Gasteiger partial charge in [-0.05, 0) is 42.2 Å². The highest BCUT2D eigenvalue weighted by Gasteiger charge is 2.62. The van der Waals surface area contributed by atoms with E-state index in [4.69, 9.17) is 28.3 Å². The van der Waals surface area contributed by atoms with E-state index in [2.05, 4.69) is 4.90 Å². The summed E-state index contributed by atoms with van der Waals surface area (Å²) in [5.74, 6) is -1.52. The molecule has 124 valence electrons. The highest BCUT2D eigenvalue weighted by molar-refractivity contribution is 6.42. The summed E-state index contributed by atoms with van der Waals surface area (Å²) in [6, 6.07) is 10.1. The molecule has 2 atom stereocenters. The molecular weight excluding hydrogens is 352 g/mol. The molecule has 1 N–H and O–H groups in total. The van der Waals surface area contributed by atoms with Crippen LogP contribution in [0.5, 0.6) is 0 Å². The van der Waals surface area contributed by atoms with Crippen LogP contribution < -0.4 is 4.90 Å². The van der Waals surface area contributed by atoms with Gasteiger partial charge in [-0.1, -0.05) is 35.3 Å². The monoisotopic (exact) mass is 365 g/mol. The highest BCUT2D eigenvalue weighted by atomic mass is 35.5. The van der Waals surface area contributed by atoms with E-state index < -0.39 is 11.8 Å². The van der Waals surface area contributed by atoms with Gasteiger partial charge in [0.05, 0.1) is 15.6 Å². The molecule has 1 saturated heterocycles. The third-order valence-electron chi connectivity index (χ3n) is 5.18. The van der Waals surface area contributed by atoms with Crippen LogP contribution in [0.15, 0.2) is 36.4 Å². The van der Waals surface area contributed by atoms with Crippen molar-refractivity contribution in [3.05, 3.63) is 63.4 Å². The van der Waals surface area contributed by atoms with E-state index in [1.54, 1.807) is 18.2 Å². The van der Waals surface area contributed by atoms with Crippen molar-refractivity contribution in [2.45, 2.75) is 11.8 Å². The molecule has 1 aliphatic heterocycles. The smallest absolute Gasteiger partial charge is 0.338 e. The van der Waals surface area contributed by atoms with E-state index in [-0.39, 0.29) is 11.0 Å². The van der Waals surface area contributed by atoms with Crippen molar-refractivity contribution < 1.29 is 14.3 Å². The van der Waals surface area contributed by atoms with Gasteiger partial charge in [-0.15, -0.1) is 0 Å². The van der Waals surface area contributed by atoms with E-state index in [1.165, 1.54) is 6.07 Å². The van der Waals surface area contributed by atoms with Crippen LogP contribution in [-0.2, 0) is 5.41 Å². The number of fused-ring (bicyclic) bond motifs is 1. The largest absolute Gasteiger partial charge is 0.478 e. The van der Waals surface area contributed by atoms with Crippen LogP contribution in [0.1, 0.15) is 22.3 Å². The van der Waals surface area contributed by atoms with Gasteiger partial charge in [0.15, 0.2) is 0 Å². The fraction of sp³-hybridized carbons (Fsp3) is 0.278. The van der Waals surface area contributed by atoms with Crippen LogP contribution in [-0.4, -0.2) is 24.2 Å². The summed E-state index contributed by atoms with van der Waals surface area (Å²) >= 11 is 12.0. The summed E-state index contributed by atoms with van der Waals surface area (Å²) in [5.41, 5.74) is 0.892. The van der Waals surface area contributed by atoms with Crippen molar-refractivity contribution in [2.75, 3.05) is 18.0 Å². The van der Waals surface area contributed by atoms with Gasteiger partial charge in [0.25, 0.3) is 0 Å². The first-order valence-corrected chi connectivity index (χ1v) is 8.40. The molecule has 0 radical (unpaired) electrons. The highest BCUT2D eigenvalue weighted by Crippen LogP contribution is 2.60. The normalized spacial score (nSPS) is 24.8. The molecule has 0 amide bonds. The molecule has 0 bridgehead atoms. The number of hydrogen-bond donors (Lipinski definition) is 1. The van der Waals surface area contributed by atoms with Crippen molar-refractivity contribution >= 4 is 34.9 Å². The summed E-state index contributed by atoms with van der Waals surface area (Å²) in [7, 11) is 0. The minimum absolute atomic E-state index is 0.263. The van der Waals surface area contributed by atoms with E-state index >= 15 is 0 Å². The maximum absolute atomic E-state index is 14.7. The fourth-order valence-corrected chi connectivity index (χ4v) is 4.15. The van der Waals surface area contributed by atoms with Crippen molar-refractivity contribution in [2.24, 2.45) is 5.92 Å². The van der Waals surface area contributed by atoms with Gasteiger partial charge >= 0.3 is 5.97 Å². The van der Waals surface area contributed by atoms with Gasteiger partial charge in [0.1, 0.15) is 5.82 Å². The Hall–Kier alpha value is -1.78. The minimum Gasteiger partial charge on any atom is -0.478 e. The van der Waals surface area contributed by atoms with Crippen molar-refractivity contribution in [3.8, 4) is 0 Å². The van der Waals surface area contributed by atoms with Crippen LogP contribution in [0.3, 0.4) is 0 Å². The number of carbonyl (C=O) groups is 1. The second-order valence-electron chi connectivity index (χ2n) is 6.51. The molecule has 0 spiro atoms. The van der Waals surface area contributed by atoms with Gasteiger partial charge < -0.3 is 10.0 Å². The van der Waals surface area contributed by atoms with Crippen molar-refractivity contribution in [3.63, 3.8) is 0 Å². The van der Waals surface area contributed by atoms with Crippen LogP contribution in [0.25, 0.3) is 0 Å². The first-order valence-electron chi connectivity index (χ1n) is 7.65. The maximum Gasteiger partial charge on any atom is 0.338 e. The Bertz CT molecular complexity index is 857. The topological polar surface area (TPSA) is 40.5 Å². The Kier molecular flexibility index (Phi) is 3.52. The molecule has 2 aromatic carbocycles. The number of nitrogens with zero attached hydrogens (tertiary/aromatic N) is 1. The molecule has 0 aromatic heterocycles. The lowest BCUT2D eigenvalue weighted by Crippen LogP contribution is -2.27. The first kappa shape index (κ1) is 15.7. The Morgan fingerprint density at radius 1 is 1.25 bits per heavy atom. The number of rotatable bonds is 3. The second-order valence-corrected chi connectivity index (χ2v) is 7.32. The number of piperidine rings is 1. The Balaban J connectivity index is 1.66. The predicted octanol–water partition coefficient (Wildman–Crippen LogP) is 4.61. The second kappa shape index (κ2) is 5.36. The lowest BCUT2D eigenvalue weighted by Gasteiger charge is -2.24. The number of halogens is 3. The summed E-state index contributed by atoms with van der Waals surface area (Å²) in [5, 5.41) is 10.1. The van der Waals surface area contributed by atoms with E-state index in [0.717, 1.165) is 18.7 Å². The Labute approximate surface area is 148 Å². The summed E-state index contributed by atoms with van der Waals surface area (Å²) in [6.45, 7) is 1.45. The average molecular weight is 366 g/mol. The molecule has 2 fully saturated rings. The van der Waals surface area contributed by atoms with Crippen molar-refractivity contribution in [1.29, 1.82) is 0 Å². The third kappa shape index (κ3) is 2.28. The molecule has 24 heavy (non-hydrogen) atoms. The maximum atomic E-state index is 14.7. The molecule has 1 heterocycles. The average Bonchev–Trinajstić information content (AvgIpc) is 3.11. The molecule has 2 aromatic rings. The quantitative estimate of drug-likeness (QED) is 0.863. The summed E-state index contributed by atoms with van der Waals surface area (Å²) in [6.07, 6.45) is 0.880. The number of carboxylic acid groups (broad SMARTS) is 1. The summed E-state index contributed by atoms with van der Waals surface area (Å²) in [4.78, 5) is 13.3. The third-order valence-corrected chi connectivity index (χ3v) is 5.92. The number of anilines is 1. The zero-order valence-electron chi connectivity index (χ0n) is 12.6. The minimum atomic E-state index is -1.23. The van der Waals surface area contributed by atoms with Crippen molar-refractivity contribution in [1.82, 2.24) is 0 Å². The fourth-order valence-electron chi connectivity index (χ4n) is 3.86. The zero-order chi connectivity index (χ0) is 17.1. The van der Waals surface area contributed by atoms with Gasteiger partial charge in [-0.25, -0.2) is 9.18 Å². The number of hydrogen-bond acceptors (Lipinski definition) is 2. The van der Waals surface area contributed by atoms with E-state index in [0.29, 0.717) is 28.1 Å². The lowest BCUT2D eigenvalue weighted by molar-refractivity contribution is 0.0691. The standard InChI is InChI=1S/C18H14Cl2FNO2/c19-14-5-4-11(6-15(14)20)22-8-10-7-18(10,9-22)13-3-1-2-12(16(13)21)17(23)24/h1-6,10H,7-9H2,(H,23,24). The number of aromatic carboxylic acids is 1. The van der Waals surface area contributed by atoms with Crippen LogP contribution in [0, 0.1) is 11.7 Å². The SMILES string of the molecule is O=C(O)c1cccc(C23CC2CN(c2ccc(Cl)c(Cl)c2)C3)c1F. The molecular formula is C18H14Cl2FNO2. The molecule has 4 rings (SSSR count). The number of carboxylic acids is 1. The Morgan fingerprint density at radius 3 is 2.75 bits per heavy atom. The van der Waals surface area contributed by atoms with Gasteiger partial charge in [-0.3, -0.25) is 0 Å². The molecule has 1 saturated carbocycles. The molecule has 1 aliphatic carbocycles. The molecule has 2 aliphatic rings. The lowest BCUT2D eigenvalue weighted by atomic mass is 9.92. The first-order chi connectivity index (χ1) is 11.4.